The second-order valence-corrected chi connectivity index (χ2v) is 4.25. The number of rotatable bonds is 6. The molecule has 0 saturated heterocycles. The molecule has 1 rings (SSSR count). The van der Waals surface area contributed by atoms with Crippen molar-refractivity contribution < 1.29 is 23.8 Å². The van der Waals surface area contributed by atoms with E-state index in [0.717, 1.165) is 0 Å². The summed E-state index contributed by atoms with van der Waals surface area (Å²) in [4.78, 5) is 24.1. The lowest BCUT2D eigenvalue weighted by Gasteiger charge is -2.14. The zero-order chi connectivity index (χ0) is 14.4. The van der Waals surface area contributed by atoms with Crippen molar-refractivity contribution >= 4 is 23.5 Å². The molecule has 0 saturated carbocycles. The average molecular weight is 284 g/mol. The first-order valence-electron chi connectivity index (χ1n) is 5.61. The van der Waals surface area contributed by atoms with Gasteiger partial charge in [0, 0.05) is 0 Å². The molecular weight excluding hydrogens is 268 g/mol. The number of carbonyl (C=O) groups is 2. The van der Waals surface area contributed by atoms with Crippen LogP contribution in [0.3, 0.4) is 0 Å². The van der Waals surface area contributed by atoms with Gasteiger partial charge in [-0.15, -0.1) is 11.8 Å². The van der Waals surface area contributed by atoms with Gasteiger partial charge >= 0.3 is 5.97 Å². The highest BCUT2D eigenvalue weighted by Crippen LogP contribution is 2.39. The minimum Gasteiger partial charge on any atom is -0.495 e. The molecule has 0 unspecified atom stereocenters. The molecule has 0 N–H and O–H groups in total. The lowest BCUT2D eigenvalue weighted by atomic mass is 10.1. The van der Waals surface area contributed by atoms with E-state index in [1.165, 1.54) is 32.0 Å². The predicted octanol–water partition coefficient (Wildman–Crippen LogP) is 2.17. The fraction of sp³-hybridized carbons (Fsp3) is 0.385. The van der Waals surface area contributed by atoms with Crippen LogP contribution in [0.2, 0.25) is 0 Å². The van der Waals surface area contributed by atoms with Crippen LogP contribution in [0.25, 0.3) is 0 Å². The number of ketones is 1. The molecule has 0 aromatic heterocycles. The summed E-state index contributed by atoms with van der Waals surface area (Å²) in [6, 6.07) is 3.12. The summed E-state index contributed by atoms with van der Waals surface area (Å²) >= 11 is 1.37. The molecule has 1 aromatic rings. The number of carbonyl (C=O) groups excluding carboxylic acids is 2. The Morgan fingerprint density at radius 2 is 1.89 bits per heavy atom. The first-order valence-corrected chi connectivity index (χ1v) is 6.83. The van der Waals surface area contributed by atoms with Crippen LogP contribution < -0.4 is 9.47 Å². The molecule has 5 nitrogen and oxygen atoms in total. The standard InChI is InChI=1S/C13H16O5S/c1-5-18-13(15)10(14)8-6-7-9(16-2)12(19-4)11(8)17-3/h6-7H,5H2,1-4H3. The summed E-state index contributed by atoms with van der Waals surface area (Å²) in [5, 5.41) is 0. The van der Waals surface area contributed by atoms with E-state index in [0.29, 0.717) is 16.4 Å². The maximum absolute atomic E-state index is 12.0. The molecule has 6 heteroatoms. The summed E-state index contributed by atoms with van der Waals surface area (Å²) in [6.45, 7) is 1.79. The van der Waals surface area contributed by atoms with Crippen LogP contribution in [0, 0.1) is 0 Å². The minimum absolute atomic E-state index is 0.151. The third-order valence-corrected chi connectivity index (χ3v) is 3.20. The Balaban J connectivity index is 3.28. The van der Waals surface area contributed by atoms with Gasteiger partial charge in [0.2, 0.25) is 0 Å². The van der Waals surface area contributed by atoms with Gasteiger partial charge in [-0.2, -0.15) is 0 Å². The number of Topliss-reactive ketones (excluding diaryl/α,β-unsaturated/α-hetero) is 1. The quantitative estimate of drug-likeness (QED) is 0.345. The molecule has 0 amide bonds. The Labute approximate surface area is 116 Å². The van der Waals surface area contributed by atoms with E-state index in [9.17, 15) is 9.59 Å². The van der Waals surface area contributed by atoms with Gasteiger partial charge in [0.25, 0.3) is 5.78 Å². The molecular formula is C13H16O5S. The van der Waals surface area contributed by atoms with Crippen molar-refractivity contribution in [3.05, 3.63) is 17.7 Å². The van der Waals surface area contributed by atoms with Gasteiger partial charge in [0.05, 0.1) is 31.3 Å². The fourth-order valence-corrected chi connectivity index (χ4v) is 2.32. The van der Waals surface area contributed by atoms with Gasteiger partial charge in [-0.05, 0) is 25.3 Å². The van der Waals surface area contributed by atoms with Crippen LogP contribution in [0.5, 0.6) is 11.5 Å². The lowest BCUT2D eigenvalue weighted by Crippen LogP contribution is -2.18. The molecule has 1 aromatic carbocycles. The van der Waals surface area contributed by atoms with Crippen molar-refractivity contribution in [2.75, 3.05) is 27.1 Å². The van der Waals surface area contributed by atoms with Crippen molar-refractivity contribution in [1.29, 1.82) is 0 Å². The van der Waals surface area contributed by atoms with Crippen molar-refractivity contribution in [1.82, 2.24) is 0 Å². The third-order valence-electron chi connectivity index (χ3n) is 2.41. The van der Waals surface area contributed by atoms with E-state index in [4.69, 9.17) is 14.2 Å². The second kappa shape index (κ2) is 7.04. The molecule has 0 atom stereocenters. The Morgan fingerprint density at radius 1 is 1.21 bits per heavy atom. The topological polar surface area (TPSA) is 61.8 Å². The summed E-state index contributed by atoms with van der Waals surface area (Å²) in [7, 11) is 2.97. The molecule has 0 fully saturated rings. The van der Waals surface area contributed by atoms with Crippen molar-refractivity contribution in [2.24, 2.45) is 0 Å². The van der Waals surface area contributed by atoms with Gasteiger partial charge in [-0.25, -0.2) is 4.79 Å². The van der Waals surface area contributed by atoms with E-state index in [2.05, 4.69) is 0 Å². The van der Waals surface area contributed by atoms with Crippen LogP contribution in [-0.2, 0) is 9.53 Å². The first kappa shape index (κ1) is 15.4. The predicted molar refractivity (Wildman–Crippen MR) is 72.3 cm³/mol. The van der Waals surface area contributed by atoms with Gasteiger partial charge in [0.15, 0.2) is 0 Å². The van der Waals surface area contributed by atoms with E-state index in [1.807, 2.05) is 6.26 Å². The number of hydrogen-bond donors (Lipinski definition) is 0. The van der Waals surface area contributed by atoms with Crippen LogP contribution in [0.1, 0.15) is 17.3 Å². The molecule has 0 aliphatic carbocycles. The fourth-order valence-electron chi connectivity index (χ4n) is 1.59. The molecule has 0 aliphatic rings. The number of thioether (sulfide) groups is 1. The maximum atomic E-state index is 12.0. The highest BCUT2D eigenvalue weighted by molar-refractivity contribution is 7.98. The van der Waals surface area contributed by atoms with E-state index in [1.54, 1.807) is 13.0 Å². The van der Waals surface area contributed by atoms with Gasteiger partial charge < -0.3 is 14.2 Å². The number of hydrogen-bond acceptors (Lipinski definition) is 6. The highest BCUT2D eigenvalue weighted by atomic mass is 32.2. The normalized spacial score (nSPS) is 9.89. The summed E-state index contributed by atoms with van der Waals surface area (Å²) < 4.78 is 15.1. The van der Waals surface area contributed by atoms with Crippen molar-refractivity contribution in [3.8, 4) is 11.5 Å². The van der Waals surface area contributed by atoms with E-state index in [-0.39, 0.29) is 12.2 Å². The van der Waals surface area contributed by atoms with Gasteiger partial charge in [-0.3, -0.25) is 4.79 Å². The summed E-state index contributed by atoms with van der Waals surface area (Å²) in [6.07, 6.45) is 1.83. The number of methoxy groups -OCH3 is 2. The van der Waals surface area contributed by atoms with Gasteiger partial charge in [-0.1, -0.05) is 0 Å². The average Bonchev–Trinajstić information content (AvgIpc) is 2.44. The maximum Gasteiger partial charge on any atom is 0.379 e. The summed E-state index contributed by atoms with van der Waals surface area (Å²) in [5.41, 5.74) is 0.172. The van der Waals surface area contributed by atoms with E-state index >= 15 is 0 Å². The highest BCUT2D eigenvalue weighted by Gasteiger charge is 2.25. The molecule has 0 heterocycles. The first-order chi connectivity index (χ1) is 9.10. The van der Waals surface area contributed by atoms with Crippen LogP contribution >= 0.6 is 11.8 Å². The van der Waals surface area contributed by atoms with Crippen LogP contribution in [0.4, 0.5) is 0 Å². The monoisotopic (exact) mass is 284 g/mol. The zero-order valence-electron chi connectivity index (χ0n) is 11.3. The third kappa shape index (κ3) is 3.20. The Kier molecular flexibility index (Phi) is 5.69. The Morgan fingerprint density at radius 3 is 2.37 bits per heavy atom. The molecule has 0 radical (unpaired) electrons. The zero-order valence-corrected chi connectivity index (χ0v) is 12.1. The number of benzene rings is 1. The van der Waals surface area contributed by atoms with Gasteiger partial charge in [0.1, 0.15) is 11.5 Å². The lowest BCUT2D eigenvalue weighted by molar-refractivity contribution is -0.137. The number of ether oxygens (including phenoxy) is 3. The molecule has 104 valence electrons. The van der Waals surface area contributed by atoms with Crippen LogP contribution in [-0.4, -0.2) is 38.8 Å². The Hall–Kier alpha value is -1.69. The van der Waals surface area contributed by atoms with E-state index < -0.39 is 11.8 Å². The van der Waals surface area contributed by atoms with Crippen molar-refractivity contribution in [2.45, 2.75) is 11.8 Å². The summed E-state index contributed by atoms with van der Waals surface area (Å²) in [5.74, 6) is -0.704. The largest absolute Gasteiger partial charge is 0.495 e. The number of esters is 1. The molecule has 0 aliphatic heterocycles. The molecule has 19 heavy (non-hydrogen) atoms. The molecule has 0 spiro atoms. The van der Waals surface area contributed by atoms with Crippen molar-refractivity contribution in [3.63, 3.8) is 0 Å². The minimum atomic E-state index is -0.891. The smallest absolute Gasteiger partial charge is 0.379 e. The molecule has 0 bridgehead atoms. The Bertz CT molecular complexity index is 484. The van der Waals surface area contributed by atoms with Crippen LogP contribution in [0.15, 0.2) is 17.0 Å². The second-order valence-electron chi connectivity index (χ2n) is 3.43. The SMILES string of the molecule is CCOC(=O)C(=O)c1ccc(OC)c(SC)c1OC.